The average molecular weight is 413 g/mol. The maximum absolute atomic E-state index is 13.7. The van der Waals surface area contributed by atoms with Crippen molar-refractivity contribution in [2.75, 3.05) is 0 Å². The Morgan fingerprint density at radius 1 is 1.03 bits per heavy atom. The van der Waals surface area contributed by atoms with Gasteiger partial charge < -0.3 is 9.84 Å². The first-order chi connectivity index (χ1) is 15.2. The molecule has 6 heteroatoms. The maximum Gasteiger partial charge on any atom is 0.267 e. The second-order valence-corrected chi connectivity index (χ2v) is 7.83. The number of ether oxygens (including phenoxy) is 1. The molecule has 4 aromatic rings. The zero-order valence-electron chi connectivity index (χ0n) is 17.1. The van der Waals surface area contributed by atoms with Crippen LogP contribution in [0.5, 0.6) is 11.6 Å². The Morgan fingerprint density at radius 3 is 2.55 bits per heavy atom. The molecule has 0 spiro atoms. The molecule has 156 valence electrons. The van der Waals surface area contributed by atoms with E-state index in [1.165, 1.54) is 0 Å². The van der Waals surface area contributed by atoms with Crippen molar-refractivity contribution in [3.05, 3.63) is 82.8 Å². The van der Waals surface area contributed by atoms with E-state index in [1.54, 1.807) is 35.0 Å². The third-order valence-electron chi connectivity index (χ3n) is 5.78. The Morgan fingerprint density at radius 2 is 1.81 bits per heavy atom. The smallest absolute Gasteiger partial charge is 0.267 e. The summed E-state index contributed by atoms with van der Waals surface area (Å²) in [5.41, 5.74) is 1.95. The Labute approximate surface area is 179 Å². The summed E-state index contributed by atoms with van der Waals surface area (Å²) < 4.78 is 7.64. The first kappa shape index (κ1) is 19.3. The molecule has 0 amide bonds. The molecule has 31 heavy (non-hydrogen) atoms. The van der Waals surface area contributed by atoms with E-state index in [4.69, 9.17) is 9.72 Å². The third-order valence-corrected chi connectivity index (χ3v) is 5.78. The molecule has 0 unspecified atom stereocenters. The quantitative estimate of drug-likeness (QED) is 0.509. The summed E-state index contributed by atoms with van der Waals surface area (Å²) in [7, 11) is 0. The highest BCUT2D eigenvalue weighted by Gasteiger charge is 2.23. The molecule has 1 aliphatic rings. The van der Waals surface area contributed by atoms with Crippen LogP contribution in [0, 0.1) is 0 Å². The van der Waals surface area contributed by atoms with Crippen LogP contribution in [-0.2, 0) is 13.0 Å². The molecule has 0 saturated heterocycles. The number of pyridine rings is 1. The standard InChI is InChI=1S/C25H23N3O3/c29-21-12-5-4-11-19(21)23-27-20-13-15-26-24(31-18-9-6-10-18)22(20)25(30)28(23)16-14-17-7-2-1-3-8-17/h1-5,7-8,11-13,15,18,29H,6,9-10,14,16H2. The lowest BCUT2D eigenvalue weighted by molar-refractivity contribution is 0.116. The van der Waals surface area contributed by atoms with E-state index < -0.39 is 0 Å². The summed E-state index contributed by atoms with van der Waals surface area (Å²) in [6.07, 6.45) is 5.46. The summed E-state index contributed by atoms with van der Waals surface area (Å²) in [4.78, 5) is 22.8. The fourth-order valence-corrected chi connectivity index (χ4v) is 3.83. The molecule has 0 radical (unpaired) electrons. The average Bonchev–Trinajstić information content (AvgIpc) is 2.76. The van der Waals surface area contributed by atoms with Crippen LogP contribution >= 0.6 is 0 Å². The van der Waals surface area contributed by atoms with Crippen molar-refractivity contribution in [1.29, 1.82) is 0 Å². The number of aromatic hydroxyl groups is 1. The van der Waals surface area contributed by atoms with Gasteiger partial charge in [0.2, 0.25) is 5.88 Å². The van der Waals surface area contributed by atoms with Gasteiger partial charge >= 0.3 is 0 Å². The lowest BCUT2D eigenvalue weighted by Crippen LogP contribution is -2.28. The van der Waals surface area contributed by atoms with E-state index in [0.717, 1.165) is 24.8 Å². The number of benzene rings is 2. The van der Waals surface area contributed by atoms with E-state index in [-0.39, 0.29) is 17.4 Å². The van der Waals surface area contributed by atoms with Crippen molar-refractivity contribution < 1.29 is 9.84 Å². The molecule has 1 saturated carbocycles. The number of aryl methyl sites for hydroxylation is 1. The highest BCUT2D eigenvalue weighted by molar-refractivity contribution is 5.84. The predicted octanol–water partition coefficient (Wildman–Crippen LogP) is 4.34. The van der Waals surface area contributed by atoms with Crippen molar-refractivity contribution >= 4 is 10.9 Å². The number of phenols is 1. The number of hydrogen-bond acceptors (Lipinski definition) is 5. The van der Waals surface area contributed by atoms with Crippen LogP contribution in [0.4, 0.5) is 0 Å². The monoisotopic (exact) mass is 413 g/mol. The topological polar surface area (TPSA) is 77.2 Å². The van der Waals surface area contributed by atoms with Crippen molar-refractivity contribution in [2.24, 2.45) is 0 Å². The van der Waals surface area contributed by atoms with Crippen molar-refractivity contribution in [2.45, 2.75) is 38.3 Å². The normalized spacial score (nSPS) is 13.8. The minimum atomic E-state index is -0.207. The zero-order chi connectivity index (χ0) is 21.2. The van der Waals surface area contributed by atoms with Gasteiger partial charge in [-0.1, -0.05) is 42.5 Å². The van der Waals surface area contributed by atoms with Crippen molar-refractivity contribution in [1.82, 2.24) is 14.5 Å². The van der Waals surface area contributed by atoms with Crippen molar-refractivity contribution in [3.63, 3.8) is 0 Å². The van der Waals surface area contributed by atoms with Gasteiger partial charge in [0.05, 0.1) is 11.1 Å². The SMILES string of the molecule is O=c1c2c(OC3CCC3)nccc2nc(-c2ccccc2O)n1CCc1ccccc1. The van der Waals surface area contributed by atoms with E-state index in [1.807, 2.05) is 36.4 Å². The lowest BCUT2D eigenvalue weighted by atomic mass is 9.96. The van der Waals surface area contributed by atoms with Gasteiger partial charge in [-0.2, -0.15) is 0 Å². The Balaban J connectivity index is 1.66. The van der Waals surface area contributed by atoms with Crippen LogP contribution in [0.2, 0.25) is 0 Å². The van der Waals surface area contributed by atoms with Crippen LogP contribution in [-0.4, -0.2) is 25.7 Å². The number of phenolic OH excluding ortho intramolecular Hbond substituents is 1. The highest BCUT2D eigenvalue weighted by Crippen LogP contribution is 2.31. The van der Waals surface area contributed by atoms with Gasteiger partial charge in [0, 0.05) is 12.7 Å². The van der Waals surface area contributed by atoms with Gasteiger partial charge in [0.25, 0.3) is 5.56 Å². The lowest BCUT2D eigenvalue weighted by Gasteiger charge is -2.26. The second kappa shape index (κ2) is 8.22. The molecular weight excluding hydrogens is 390 g/mol. The number of aromatic nitrogens is 3. The van der Waals surface area contributed by atoms with Gasteiger partial charge in [-0.15, -0.1) is 0 Å². The van der Waals surface area contributed by atoms with Gasteiger partial charge in [-0.3, -0.25) is 9.36 Å². The number of rotatable bonds is 6. The summed E-state index contributed by atoms with van der Waals surface area (Å²) in [6, 6.07) is 18.7. The van der Waals surface area contributed by atoms with Gasteiger partial charge in [0.1, 0.15) is 23.1 Å². The molecule has 2 aromatic heterocycles. The first-order valence-corrected chi connectivity index (χ1v) is 10.6. The number of hydrogen-bond donors (Lipinski definition) is 1. The highest BCUT2D eigenvalue weighted by atomic mass is 16.5. The van der Waals surface area contributed by atoms with Crippen LogP contribution in [0.25, 0.3) is 22.3 Å². The van der Waals surface area contributed by atoms with Crippen LogP contribution in [0.15, 0.2) is 71.7 Å². The molecule has 2 heterocycles. The van der Waals surface area contributed by atoms with E-state index >= 15 is 0 Å². The van der Waals surface area contributed by atoms with Crippen LogP contribution in [0.1, 0.15) is 24.8 Å². The molecule has 0 aliphatic heterocycles. The summed E-state index contributed by atoms with van der Waals surface area (Å²) >= 11 is 0. The fraction of sp³-hybridized carbons (Fsp3) is 0.240. The molecule has 0 bridgehead atoms. The molecule has 1 aliphatic carbocycles. The van der Waals surface area contributed by atoms with Gasteiger partial charge in [-0.25, -0.2) is 9.97 Å². The minimum absolute atomic E-state index is 0.0854. The maximum atomic E-state index is 13.7. The summed E-state index contributed by atoms with van der Waals surface area (Å²) in [6.45, 7) is 0.424. The Kier molecular flexibility index (Phi) is 5.12. The summed E-state index contributed by atoms with van der Waals surface area (Å²) in [5, 5.41) is 10.8. The molecule has 0 atom stereocenters. The molecular formula is C25H23N3O3. The molecule has 6 nitrogen and oxygen atoms in total. The fourth-order valence-electron chi connectivity index (χ4n) is 3.83. The van der Waals surface area contributed by atoms with Gasteiger partial charge in [-0.05, 0) is 49.4 Å². The van der Waals surface area contributed by atoms with E-state index in [0.29, 0.717) is 41.1 Å². The van der Waals surface area contributed by atoms with E-state index in [2.05, 4.69) is 4.98 Å². The van der Waals surface area contributed by atoms with Gasteiger partial charge in [0.15, 0.2) is 0 Å². The number of fused-ring (bicyclic) bond motifs is 1. The van der Waals surface area contributed by atoms with Crippen LogP contribution in [0.3, 0.4) is 0 Å². The number of para-hydroxylation sites is 1. The summed E-state index contributed by atoms with van der Waals surface area (Å²) in [5.74, 6) is 0.867. The Bertz CT molecular complexity index is 1280. The number of nitrogens with zero attached hydrogens (tertiary/aromatic N) is 3. The molecule has 1 N–H and O–H groups in total. The largest absolute Gasteiger partial charge is 0.507 e. The first-order valence-electron chi connectivity index (χ1n) is 10.6. The third kappa shape index (κ3) is 3.77. The molecule has 1 fully saturated rings. The second-order valence-electron chi connectivity index (χ2n) is 7.83. The Hall–Kier alpha value is -3.67. The van der Waals surface area contributed by atoms with Crippen LogP contribution < -0.4 is 10.3 Å². The molecule has 2 aromatic carbocycles. The zero-order valence-corrected chi connectivity index (χ0v) is 17.1. The molecule has 5 rings (SSSR count). The minimum Gasteiger partial charge on any atom is -0.507 e. The predicted molar refractivity (Wildman–Crippen MR) is 119 cm³/mol. The van der Waals surface area contributed by atoms with Crippen molar-refractivity contribution in [3.8, 4) is 23.0 Å². The van der Waals surface area contributed by atoms with E-state index in [9.17, 15) is 9.90 Å².